The SMILES string of the molecule is CCC(C)C1CN(Cc2cccc(OC)c2F)CCCN1. The monoisotopic (exact) mass is 294 g/mol. The Morgan fingerprint density at radius 3 is 3.00 bits per heavy atom. The van der Waals surface area contributed by atoms with Gasteiger partial charge in [-0.1, -0.05) is 32.4 Å². The summed E-state index contributed by atoms with van der Waals surface area (Å²) < 4.78 is 19.4. The normalized spacial score (nSPS) is 21.8. The highest BCUT2D eigenvalue weighted by Gasteiger charge is 2.22. The Morgan fingerprint density at radius 2 is 2.29 bits per heavy atom. The largest absolute Gasteiger partial charge is 0.494 e. The van der Waals surface area contributed by atoms with E-state index in [4.69, 9.17) is 4.74 Å². The van der Waals surface area contributed by atoms with Gasteiger partial charge in [-0.2, -0.15) is 0 Å². The molecular weight excluding hydrogens is 267 g/mol. The van der Waals surface area contributed by atoms with E-state index in [0.29, 0.717) is 24.3 Å². The highest BCUT2D eigenvalue weighted by atomic mass is 19.1. The third kappa shape index (κ3) is 4.17. The molecule has 1 aliphatic rings. The molecular formula is C17H27FN2O. The Morgan fingerprint density at radius 1 is 1.48 bits per heavy atom. The van der Waals surface area contributed by atoms with E-state index in [-0.39, 0.29) is 5.82 Å². The molecule has 2 atom stereocenters. The number of nitrogens with zero attached hydrogens (tertiary/aromatic N) is 1. The fraction of sp³-hybridized carbons (Fsp3) is 0.647. The third-order valence-electron chi connectivity index (χ3n) is 4.50. The van der Waals surface area contributed by atoms with Crippen molar-refractivity contribution in [2.45, 2.75) is 39.3 Å². The lowest BCUT2D eigenvalue weighted by Crippen LogP contribution is -2.41. The smallest absolute Gasteiger partial charge is 0.169 e. The van der Waals surface area contributed by atoms with Crippen molar-refractivity contribution in [3.8, 4) is 5.75 Å². The molecule has 1 N–H and O–H groups in total. The van der Waals surface area contributed by atoms with Gasteiger partial charge in [0.1, 0.15) is 0 Å². The Labute approximate surface area is 127 Å². The summed E-state index contributed by atoms with van der Waals surface area (Å²) in [5.74, 6) is 0.747. The average molecular weight is 294 g/mol. The number of ether oxygens (including phenoxy) is 1. The summed E-state index contributed by atoms with van der Waals surface area (Å²) in [5.41, 5.74) is 0.721. The number of benzene rings is 1. The third-order valence-corrected chi connectivity index (χ3v) is 4.50. The summed E-state index contributed by atoms with van der Waals surface area (Å²) in [6.45, 7) is 8.20. The zero-order chi connectivity index (χ0) is 15.2. The summed E-state index contributed by atoms with van der Waals surface area (Å²) >= 11 is 0. The van der Waals surface area contributed by atoms with E-state index < -0.39 is 0 Å². The van der Waals surface area contributed by atoms with E-state index in [9.17, 15) is 4.39 Å². The first-order valence-electron chi connectivity index (χ1n) is 7.92. The van der Waals surface area contributed by atoms with Crippen LogP contribution in [0.2, 0.25) is 0 Å². The minimum atomic E-state index is -0.225. The molecule has 0 bridgehead atoms. The van der Waals surface area contributed by atoms with Gasteiger partial charge in [-0.3, -0.25) is 4.90 Å². The summed E-state index contributed by atoms with van der Waals surface area (Å²) in [5, 5.41) is 3.63. The van der Waals surface area contributed by atoms with Gasteiger partial charge in [-0.05, 0) is 31.5 Å². The fourth-order valence-electron chi connectivity index (χ4n) is 2.91. The molecule has 21 heavy (non-hydrogen) atoms. The van der Waals surface area contributed by atoms with Gasteiger partial charge in [-0.25, -0.2) is 4.39 Å². The van der Waals surface area contributed by atoms with Crippen LogP contribution in [0.25, 0.3) is 0 Å². The first-order valence-corrected chi connectivity index (χ1v) is 7.92. The Hall–Kier alpha value is -1.13. The van der Waals surface area contributed by atoms with Crippen LogP contribution >= 0.6 is 0 Å². The maximum absolute atomic E-state index is 14.3. The Bertz CT molecular complexity index is 452. The van der Waals surface area contributed by atoms with E-state index in [1.807, 2.05) is 12.1 Å². The van der Waals surface area contributed by atoms with E-state index in [1.165, 1.54) is 13.5 Å². The molecule has 0 aromatic heterocycles. The van der Waals surface area contributed by atoms with E-state index in [0.717, 1.165) is 31.6 Å². The van der Waals surface area contributed by atoms with Gasteiger partial charge in [0, 0.05) is 24.7 Å². The van der Waals surface area contributed by atoms with Crippen LogP contribution in [0.4, 0.5) is 4.39 Å². The highest BCUT2D eigenvalue weighted by molar-refractivity contribution is 5.31. The number of hydrogen-bond donors (Lipinski definition) is 1. The van der Waals surface area contributed by atoms with Crippen LogP contribution in [0.15, 0.2) is 18.2 Å². The molecule has 0 amide bonds. The number of hydrogen-bond acceptors (Lipinski definition) is 3. The lowest BCUT2D eigenvalue weighted by atomic mass is 9.99. The maximum Gasteiger partial charge on any atom is 0.169 e. The van der Waals surface area contributed by atoms with Gasteiger partial charge < -0.3 is 10.1 Å². The van der Waals surface area contributed by atoms with Crippen LogP contribution in [0.1, 0.15) is 32.3 Å². The van der Waals surface area contributed by atoms with Crippen molar-refractivity contribution in [1.82, 2.24) is 10.2 Å². The van der Waals surface area contributed by atoms with Crippen molar-refractivity contribution >= 4 is 0 Å². The predicted molar refractivity (Wildman–Crippen MR) is 84.1 cm³/mol. The molecule has 1 aromatic carbocycles. The predicted octanol–water partition coefficient (Wildman–Crippen LogP) is 3.04. The topological polar surface area (TPSA) is 24.5 Å². The van der Waals surface area contributed by atoms with Crippen LogP contribution in [-0.4, -0.2) is 37.7 Å². The summed E-state index contributed by atoms with van der Waals surface area (Å²) in [6, 6.07) is 5.88. The maximum atomic E-state index is 14.3. The molecule has 0 saturated carbocycles. The number of nitrogens with one attached hydrogen (secondary N) is 1. The molecule has 1 aromatic rings. The summed E-state index contributed by atoms with van der Waals surface area (Å²) in [7, 11) is 1.51. The average Bonchev–Trinajstić information content (AvgIpc) is 2.74. The number of halogens is 1. The van der Waals surface area contributed by atoms with Gasteiger partial charge in [0.15, 0.2) is 11.6 Å². The molecule has 0 radical (unpaired) electrons. The second-order valence-electron chi connectivity index (χ2n) is 5.97. The zero-order valence-corrected chi connectivity index (χ0v) is 13.4. The van der Waals surface area contributed by atoms with Gasteiger partial charge in [0.25, 0.3) is 0 Å². The molecule has 2 rings (SSSR count). The highest BCUT2D eigenvalue weighted by Crippen LogP contribution is 2.22. The van der Waals surface area contributed by atoms with Gasteiger partial charge in [0.05, 0.1) is 7.11 Å². The molecule has 1 saturated heterocycles. The van der Waals surface area contributed by atoms with Crippen molar-refractivity contribution in [2.75, 3.05) is 26.7 Å². The van der Waals surface area contributed by atoms with E-state index in [1.54, 1.807) is 6.07 Å². The lowest BCUT2D eigenvalue weighted by Gasteiger charge is -2.28. The second-order valence-corrected chi connectivity index (χ2v) is 5.97. The molecule has 4 heteroatoms. The van der Waals surface area contributed by atoms with E-state index in [2.05, 4.69) is 24.1 Å². The van der Waals surface area contributed by atoms with Crippen molar-refractivity contribution in [2.24, 2.45) is 5.92 Å². The molecule has 2 unspecified atom stereocenters. The standard InChI is InChI=1S/C17H27FN2O/c1-4-13(2)15-12-20(10-6-9-19-15)11-14-7-5-8-16(21-3)17(14)18/h5,7-8,13,15,19H,4,6,9-12H2,1-3H3. The van der Waals surface area contributed by atoms with Crippen LogP contribution in [-0.2, 0) is 6.54 Å². The Kier molecular flexibility index (Phi) is 6.00. The van der Waals surface area contributed by atoms with Crippen LogP contribution < -0.4 is 10.1 Å². The number of rotatable bonds is 5. The zero-order valence-electron chi connectivity index (χ0n) is 13.4. The quantitative estimate of drug-likeness (QED) is 0.903. The van der Waals surface area contributed by atoms with Crippen LogP contribution in [0.3, 0.4) is 0 Å². The van der Waals surface area contributed by atoms with Gasteiger partial charge in [0.2, 0.25) is 0 Å². The molecule has 118 valence electrons. The van der Waals surface area contributed by atoms with Gasteiger partial charge >= 0.3 is 0 Å². The Balaban J connectivity index is 2.07. The van der Waals surface area contributed by atoms with Crippen molar-refractivity contribution in [3.63, 3.8) is 0 Å². The van der Waals surface area contributed by atoms with Crippen molar-refractivity contribution < 1.29 is 9.13 Å². The van der Waals surface area contributed by atoms with Crippen LogP contribution in [0.5, 0.6) is 5.75 Å². The molecule has 1 heterocycles. The summed E-state index contributed by atoms with van der Waals surface area (Å²) in [4.78, 5) is 2.36. The van der Waals surface area contributed by atoms with Crippen LogP contribution in [0, 0.1) is 11.7 Å². The molecule has 0 aliphatic carbocycles. The minimum absolute atomic E-state index is 0.225. The first kappa shape index (κ1) is 16.2. The second kappa shape index (κ2) is 7.76. The van der Waals surface area contributed by atoms with Crippen molar-refractivity contribution in [1.29, 1.82) is 0 Å². The summed E-state index contributed by atoms with van der Waals surface area (Å²) in [6.07, 6.45) is 2.28. The molecule has 3 nitrogen and oxygen atoms in total. The molecule has 0 spiro atoms. The molecule has 1 fully saturated rings. The van der Waals surface area contributed by atoms with Gasteiger partial charge in [-0.15, -0.1) is 0 Å². The first-order chi connectivity index (χ1) is 10.2. The molecule has 1 aliphatic heterocycles. The number of methoxy groups -OCH3 is 1. The lowest BCUT2D eigenvalue weighted by molar-refractivity contribution is 0.228. The van der Waals surface area contributed by atoms with E-state index >= 15 is 0 Å². The fourth-order valence-corrected chi connectivity index (χ4v) is 2.91. The van der Waals surface area contributed by atoms with Crippen molar-refractivity contribution in [3.05, 3.63) is 29.6 Å². The minimum Gasteiger partial charge on any atom is -0.494 e.